The summed E-state index contributed by atoms with van der Waals surface area (Å²) in [6.45, 7) is 0.464. The fourth-order valence-corrected chi connectivity index (χ4v) is 5.09. The van der Waals surface area contributed by atoms with Gasteiger partial charge in [-0.2, -0.15) is 0 Å². The maximum Gasteiger partial charge on any atom is 0.224 e. The smallest absolute Gasteiger partial charge is 0.224 e. The Labute approximate surface area is 138 Å². The molecule has 0 radical (unpaired) electrons. The lowest BCUT2D eigenvalue weighted by Gasteiger charge is -2.08. The van der Waals surface area contributed by atoms with Gasteiger partial charge >= 0.3 is 0 Å². The number of hydrogen-bond donors (Lipinski definition) is 1. The minimum Gasteiger partial charge on any atom is -0.355 e. The largest absolute Gasteiger partial charge is 0.355 e. The van der Waals surface area contributed by atoms with Crippen LogP contribution in [0.4, 0.5) is 0 Å². The Balaban J connectivity index is 1.50. The number of sulfone groups is 1. The van der Waals surface area contributed by atoms with Crippen molar-refractivity contribution < 1.29 is 13.2 Å². The van der Waals surface area contributed by atoms with Gasteiger partial charge in [-0.1, -0.05) is 0 Å². The predicted molar refractivity (Wildman–Crippen MR) is 88.8 cm³/mol. The van der Waals surface area contributed by atoms with Crippen LogP contribution in [-0.4, -0.2) is 42.3 Å². The molecule has 23 heavy (non-hydrogen) atoms. The summed E-state index contributed by atoms with van der Waals surface area (Å²) in [4.78, 5) is 20.5. The van der Waals surface area contributed by atoms with Gasteiger partial charge in [0.05, 0.1) is 23.1 Å². The van der Waals surface area contributed by atoms with Gasteiger partial charge in [-0.05, 0) is 18.6 Å². The molecule has 1 fully saturated rings. The molecular formula is C15H17N3O3S2. The molecule has 0 saturated carbocycles. The van der Waals surface area contributed by atoms with Gasteiger partial charge < -0.3 is 5.32 Å². The number of nitrogens with zero attached hydrogens (tertiary/aromatic N) is 2. The second-order valence-electron chi connectivity index (χ2n) is 5.53. The highest BCUT2D eigenvalue weighted by Crippen LogP contribution is 2.22. The summed E-state index contributed by atoms with van der Waals surface area (Å²) >= 11 is 1.54. The molecule has 1 unspecified atom stereocenters. The van der Waals surface area contributed by atoms with Crippen LogP contribution in [0.15, 0.2) is 29.9 Å². The van der Waals surface area contributed by atoms with Crippen LogP contribution < -0.4 is 5.32 Å². The van der Waals surface area contributed by atoms with Crippen LogP contribution in [0.5, 0.6) is 0 Å². The Morgan fingerprint density at radius 2 is 2.30 bits per heavy atom. The van der Waals surface area contributed by atoms with Crippen molar-refractivity contribution >= 4 is 27.1 Å². The van der Waals surface area contributed by atoms with Crippen molar-refractivity contribution in [3.8, 4) is 10.6 Å². The van der Waals surface area contributed by atoms with E-state index < -0.39 is 15.8 Å². The molecule has 8 heteroatoms. The highest BCUT2D eigenvalue weighted by atomic mass is 32.2. The van der Waals surface area contributed by atoms with Gasteiger partial charge in [-0.3, -0.25) is 9.78 Å². The Hall–Kier alpha value is -1.80. The Bertz CT molecular complexity index is 787. The van der Waals surface area contributed by atoms with Gasteiger partial charge in [0.25, 0.3) is 0 Å². The third kappa shape index (κ3) is 4.14. The predicted octanol–water partition coefficient (Wildman–Crippen LogP) is 1.30. The number of pyridine rings is 1. The van der Waals surface area contributed by atoms with Gasteiger partial charge in [-0.25, -0.2) is 13.4 Å². The van der Waals surface area contributed by atoms with Gasteiger partial charge in [0.15, 0.2) is 9.84 Å². The monoisotopic (exact) mass is 351 g/mol. The fraction of sp³-hybridized carbons (Fsp3) is 0.400. The Morgan fingerprint density at radius 1 is 1.43 bits per heavy atom. The summed E-state index contributed by atoms with van der Waals surface area (Å²) in [5, 5.41) is 5.68. The Kier molecular flexibility index (Phi) is 4.72. The Morgan fingerprint density at radius 3 is 3.00 bits per heavy atom. The topological polar surface area (TPSA) is 89.0 Å². The number of hydrogen-bond acceptors (Lipinski definition) is 6. The first-order valence-corrected chi connectivity index (χ1v) is 10.1. The first-order chi connectivity index (χ1) is 11.0. The van der Waals surface area contributed by atoms with Crippen LogP contribution in [0, 0.1) is 5.92 Å². The molecule has 122 valence electrons. The van der Waals surface area contributed by atoms with Crippen LogP contribution in [-0.2, 0) is 21.1 Å². The van der Waals surface area contributed by atoms with Gasteiger partial charge in [-0.15, -0.1) is 11.3 Å². The van der Waals surface area contributed by atoms with Gasteiger partial charge in [0.2, 0.25) is 5.91 Å². The van der Waals surface area contributed by atoms with E-state index >= 15 is 0 Å². The van der Waals surface area contributed by atoms with Crippen LogP contribution in [0.1, 0.15) is 12.1 Å². The summed E-state index contributed by atoms with van der Waals surface area (Å²) in [5.74, 6) is -0.484. The van der Waals surface area contributed by atoms with Crippen molar-refractivity contribution in [3.05, 3.63) is 35.6 Å². The molecular weight excluding hydrogens is 334 g/mol. The average molecular weight is 351 g/mol. The van der Waals surface area contributed by atoms with Gasteiger partial charge in [0, 0.05) is 36.3 Å². The summed E-state index contributed by atoms with van der Waals surface area (Å²) in [6, 6.07) is 3.82. The van der Waals surface area contributed by atoms with Crippen LogP contribution in [0.3, 0.4) is 0 Å². The first kappa shape index (κ1) is 16.1. The lowest BCUT2D eigenvalue weighted by molar-refractivity contribution is -0.124. The minimum atomic E-state index is -3.02. The third-order valence-electron chi connectivity index (χ3n) is 3.74. The van der Waals surface area contributed by atoms with Crippen LogP contribution >= 0.6 is 11.3 Å². The van der Waals surface area contributed by atoms with Crippen molar-refractivity contribution in [1.82, 2.24) is 15.3 Å². The molecule has 1 saturated heterocycles. The van der Waals surface area contributed by atoms with Crippen molar-refractivity contribution in [1.29, 1.82) is 0 Å². The number of thiazole rings is 1. The van der Waals surface area contributed by atoms with Gasteiger partial charge in [0.1, 0.15) is 5.01 Å². The van der Waals surface area contributed by atoms with Crippen molar-refractivity contribution in [3.63, 3.8) is 0 Å². The molecule has 2 aromatic heterocycles. The normalized spacial score (nSPS) is 19.6. The molecule has 1 amide bonds. The summed E-state index contributed by atoms with van der Waals surface area (Å²) in [6.07, 6.45) is 4.54. The van der Waals surface area contributed by atoms with Crippen LogP contribution in [0.25, 0.3) is 10.6 Å². The third-order valence-corrected chi connectivity index (χ3v) is 6.45. The number of rotatable bonds is 5. The zero-order valence-corrected chi connectivity index (χ0v) is 14.1. The van der Waals surface area contributed by atoms with Crippen molar-refractivity contribution in [2.75, 3.05) is 18.1 Å². The minimum absolute atomic E-state index is 0.0271. The maximum atomic E-state index is 11.9. The second kappa shape index (κ2) is 6.76. The standard InChI is InChI=1S/C15H17N3O3S2/c19-14(12-4-7-23(20,21)10-12)17-6-3-13-9-22-15(18-13)11-2-1-5-16-8-11/h1-2,5,8-9,12H,3-4,6-7,10H2,(H,17,19). The number of carbonyl (C=O) groups is 1. The molecule has 2 aromatic rings. The molecule has 6 nitrogen and oxygen atoms in total. The highest BCUT2D eigenvalue weighted by Gasteiger charge is 2.32. The van der Waals surface area contributed by atoms with Crippen LogP contribution in [0.2, 0.25) is 0 Å². The molecule has 0 aromatic carbocycles. The lowest BCUT2D eigenvalue weighted by Crippen LogP contribution is -2.32. The van der Waals surface area contributed by atoms with E-state index in [4.69, 9.17) is 0 Å². The number of carbonyl (C=O) groups excluding carboxylic acids is 1. The van der Waals surface area contributed by atoms with E-state index in [0.717, 1.165) is 16.3 Å². The summed E-state index contributed by atoms with van der Waals surface area (Å²) in [5.41, 5.74) is 1.89. The van der Waals surface area contributed by atoms with Crippen molar-refractivity contribution in [2.45, 2.75) is 12.8 Å². The maximum absolute atomic E-state index is 11.9. The zero-order chi connectivity index (χ0) is 16.3. The van der Waals surface area contributed by atoms with Crippen molar-refractivity contribution in [2.24, 2.45) is 5.92 Å². The number of nitrogens with one attached hydrogen (secondary N) is 1. The average Bonchev–Trinajstić information content (AvgIpc) is 3.14. The molecule has 1 atom stereocenters. The van der Waals surface area contributed by atoms with E-state index in [9.17, 15) is 13.2 Å². The SMILES string of the molecule is O=C(NCCc1csc(-c2cccnc2)n1)C1CCS(=O)(=O)C1. The molecule has 3 heterocycles. The fourth-order valence-electron chi connectivity index (χ4n) is 2.50. The quantitative estimate of drug-likeness (QED) is 0.877. The molecule has 0 aliphatic carbocycles. The zero-order valence-electron chi connectivity index (χ0n) is 12.4. The van der Waals surface area contributed by atoms with E-state index in [0.29, 0.717) is 19.4 Å². The number of aromatic nitrogens is 2. The molecule has 1 aliphatic rings. The van der Waals surface area contributed by atoms with E-state index in [2.05, 4.69) is 15.3 Å². The second-order valence-corrected chi connectivity index (χ2v) is 8.61. The highest BCUT2D eigenvalue weighted by molar-refractivity contribution is 7.91. The van der Waals surface area contributed by atoms with E-state index in [1.807, 2.05) is 17.5 Å². The molecule has 3 rings (SSSR count). The van der Waals surface area contributed by atoms with E-state index in [1.54, 1.807) is 23.7 Å². The molecule has 0 spiro atoms. The summed E-state index contributed by atoms with van der Waals surface area (Å²) < 4.78 is 22.8. The molecule has 1 aliphatic heterocycles. The summed E-state index contributed by atoms with van der Waals surface area (Å²) in [7, 11) is -3.02. The number of amides is 1. The molecule has 0 bridgehead atoms. The first-order valence-electron chi connectivity index (χ1n) is 7.36. The van der Waals surface area contributed by atoms with E-state index in [1.165, 1.54) is 0 Å². The molecule has 1 N–H and O–H groups in total. The van der Waals surface area contributed by atoms with E-state index in [-0.39, 0.29) is 17.4 Å². The lowest BCUT2D eigenvalue weighted by atomic mass is 10.1.